The summed E-state index contributed by atoms with van der Waals surface area (Å²) in [6.07, 6.45) is 8.47. The Morgan fingerprint density at radius 2 is 1.94 bits per heavy atom. The normalized spacial score (nSPS) is 17.6. The summed E-state index contributed by atoms with van der Waals surface area (Å²) in [4.78, 5) is 33.3. The number of primary amides is 1. The van der Waals surface area contributed by atoms with Crippen molar-refractivity contribution in [3.63, 3.8) is 0 Å². The lowest BCUT2D eigenvalue weighted by Gasteiger charge is -2.32. The third-order valence-electron chi connectivity index (χ3n) is 5.89. The molecule has 3 aromatic rings. The van der Waals surface area contributed by atoms with Gasteiger partial charge in [0, 0.05) is 30.0 Å². The van der Waals surface area contributed by atoms with Gasteiger partial charge in [0.2, 0.25) is 11.9 Å². The van der Waals surface area contributed by atoms with Crippen molar-refractivity contribution >= 4 is 35.3 Å². The molecule has 35 heavy (non-hydrogen) atoms. The van der Waals surface area contributed by atoms with Gasteiger partial charge in [-0.15, -0.1) is 0 Å². The van der Waals surface area contributed by atoms with Gasteiger partial charge in [-0.2, -0.15) is 4.98 Å². The zero-order chi connectivity index (χ0) is 24.6. The van der Waals surface area contributed by atoms with E-state index in [-0.39, 0.29) is 23.6 Å². The number of nitrogens with two attached hydrogens (primary N) is 1. The Hall–Kier alpha value is -4.20. The molecule has 2 amide bonds. The minimum absolute atomic E-state index is 0.0457. The number of nitrogens with one attached hydrogen (secondary N) is 3. The molecule has 8 nitrogen and oxygen atoms in total. The van der Waals surface area contributed by atoms with Crippen LogP contribution in [0.4, 0.5) is 17.5 Å². The van der Waals surface area contributed by atoms with Crippen molar-refractivity contribution in [3.8, 4) is 0 Å². The van der Waals surface area contributed by atoms with E-state index in [0.29, 0.717) is 11.8 Å². The number of aromatic nitrogens is 2. The van der Waals surface area contributed by atoms with Crippen molar-refractivity contribution < 1.29 is 9.59 Å². The molecule has 179 valence electrons. The van der Waals surface area contributed by atoms with Crippen molar-refractivity contribution in [2.24, 2.45) is 5.73 Å². The van der Waals surface area contributed by atoms with Crippen LogP contribution in [0.2, 0.25) is 0 Å². The third kappa shape index (κ3) is 6.66. The average molecular weight is 470 g/mol. The summed E-state index contributed by atoms with van der Waals surface area (Å²) in [5.41, 5.74) is 8.46. The lowest BCUT2D eigenvalue weighted by molar-refractivity contribution is -0.117. The van der Waals surface area contributed by atoms with E-state index in [4.69, 9.17) is 5.73 Å². The molecule has 0 saturated heterocycles. The highest BCUT2D eigenvalue weighted by molar-refractivity contribution is 5.98. The molecule has 0 bridgehead atoms. The second kappa shape index (κ2) is 11.3. The van der Waals surface area contributed by atoms with E-state index < -0.39 is 5.91 Å². The molecule has 1 aliphatic carbocycles. The van der Waals surface area contributed by atoms with Crippen LogP contribution in [0, 0.1) is 13.0 Å². The second-order valence-corrected chi connectivity index (χ2v) is 8.62. The maximum Gasteiger partial charge on any atom is 0.254 e. The standard InChI is InChI=1S/C27H29N6O2/c1-18-8-7-11-20(16-18)30-26-21(25(28)35)17-29-27(33-26)32-23-13-6-5-12-22(23)31-24(34)15-14-19-9-3-2-4-10-19/h2-4,7-9,11,14-17,22-23H,5-6,12-13H2,1H3,(H2,28,35)(H,31,34)(H2,29,30,32,33). The number of carbonyl (C=O) groups excluding carboxylic acids is 2. The molecule has 4 rings (SSSR count). The molecule has 1 radical (unpaired) electrons. The summed E-state index contributed by atoms with van der Waals surface area (Å²) in [5, 5.41) is 9.63. The zero-order valence-electron chi connectivity index (χ0n) is 19.6. The highest BCUT2D eigenvalue weighted by Gasteiger charge is 2.27. The number of carbonyl (C=O) groups is 2. The number of benzene rings is 2. The van der Waals surface area contributed by atoms with Crippen molar-refractivity contribution in [3.05, 3.63) is 83.6 Å². The Balaban J connectivity index is 1.47. The SMILES string of the molecule is Cc1cccc(Nc2nc(NC3CCCCC3NC(=O)C=Cc3[c]cccc3)ncc2C(N)=O)c1. The summed E-state index contributed by atoms with van der Waals surface area (Å²) in [5.74, 6) is -0.0746. The van der Waals surface area contributed by atoms with Crippen LogP contribution in [0.5, 0.6) is 0 Å². The van der Waals surface area contributed by atoms with E-state index >= 15 is 0 Å². The Bertz CT molecular complexity index is 1210. The third-order valence-corrected chi connectivity index (χ3v) is 5.89. The van der Waals surface area contributed by atoms with Gasteiger partial charge < -0.3 is 21.7 Å². The predicted octanol–water partition coefficient (Wildman–Crippen LogP) is 3.98. The summed E-state index contributed by atoms with van der Waals surface area (Å²) >= 11 is 0. The number of nitrogens with zero attached hydrogens (tertiary/aromatic N) is 2. The fourth-order valence-electron chi connectivity index (χ4n) is 4.14. The van der Waals surface area contributed by atoms with Gasteiger partial charge in [-0.05, 0) is 55.2 Å². The second-order valence-electron chi connectivity index (χ2n) is 8.62. The minimum Gasteiger partial charge on any atom is -0.365 e. The van der Waals surface area contributed by atoms with Gasteiger partial charge in [-0.3, -0.25) is 9.59 Å². The van der Waals surface area contributed by atoms with Gasteiger partial charge >= 0.3 is 0 Å². The molecule has 1 saturated carbocycles. The Kier molecular flexibility index (Phi) is 7.72. The van der Waals surface area contributed by atoms with Crippen molar-refractivity contribution in [1.29, 1.82) is 0 Å². The van der Waals surface area contributed by atoms with Crippen LogP contribution in [0.15, 0.2) is 60.8 Å². The molecule has 8 heteroatoms. The molecule has 1 fully saturated rings. The van der Waals surface area contributed by atoms with Gasteiger partial charge in [0.25, 0.3) is 5.91 Å². The number of anilines is 3. The van der Waals surface area contributed by atoms with Crippen LogP contribution in [0.25, 0.3) is 6.08 Å². The van der Waals surface area contributed by atoms with Crippen LogP contribution in [0.3, 0.4) is 0 Å². The molecule has 1 aliphatic rings. The predicted molar refractivity (Wildman–Crippen MR) is 137 cm³/mol. The highest BCUT2D eigenvalue weighted by atomic mass is 16.1. The Morgan fingerprint density at radius 1 is 1.11 bits per heavy atom. The molecule has 2 atom stereocenters. The van der Waals surface area contributed by atoms with E-state index in [2.05, 4.69) is 32.0 Å². The highest BCUT2D eigenvalue weighted by Crippen LogP contribution is 2.24. The Morgan fingerprint density at radius 3 is 2.69 bits per heavy atom. The first kappa shape index (κ1) is 23.9. The van der Waals surface area contributed by atoms with E-state index in [0.717, 1.165) is 42.5 Å². The van der Waals surface area contributed by atoms with E-state index in [1.807, 2.05) is 55.5 Å². The number of aryl methyl sites for hydroxylation is 1. The van der Waals surface area contributed by atoms with Crippen LogP contribution in [-0.4, -0.2) is 33.9 Å². The van der Waals surface area contributed by atoms with Gasteiger partial charge in [-0.1, -0.05) is 49.2 Å². The first-order chi connectivity index (χ1) is 17.0. The van der Waals surface area contributed by atoms with Crippen LogP contribution < -0.4 is 21.7 Å². The molecule has 2 unspecified atom stereocenters. The van der Waals surface area contributed by atoms with Crippen molar-refractivity contribution in [1.82, 2.24) is 15.3 Å². The fraction of sp³-hybridized carbons (Fsp3) is 0.259. The van der Waals surface area contributed by atoms with E-state index in [9.17, 15) is 9.59 Å². The number of rotatable bonds is 8. The summed E-state index contributed by atoms with van der Waals surface area (Å²) in [7, 11) is 0. The average Bonchev–Trinajstić information content (AvgIpc) is 2.85. The van der Waals surface area contributed by atoms with Gasteiger partial charge in [-0.25, -0.2) is 4.98 Å². The molecule has 5 N–H and O–H groups in total. The van der Waals surface area contributed by atoms with Gasteiger partial charge in [0.05, 0.1) is 0 Å². The van der Waals surface area contributed by atoms with Crippen molar-refractivity contribution in [2.75, 3.05) is 10.6 Å². The quantitative estimate of drug-likeness (QED) is 0.370. The van der Waals surface area contributed by atoms with Crippen LogP contribution in [0.1, 0.15) is 47.2 Å². The van der Waals surface area contributed by atoms with Crippen molar-refractivity contribution in [2.45, 2.75) is 44.7 Å². The monoisotopic (exact) mass is 469 g/mol. The maximum absolute atomic E-state index is 12.6. The molecular weight excluding hydrogens is 440 g/mol. The molecule has 1 heterocycles. The summed E-state index contributed by atoms with van der Waals surface area (Å²) in [6.45, 7) is 1.98. The number of hydrogen-bond donors (Lipinski definition) is 4. The first-order valence-electron chi connectivity index (χ1n) is 11.7. The maximum atomic E-state index is 12.6. The lowest BCUT2D eigenvalue weighted by atomic mass is 9.90. The van der Waals surface area contributed by atoms with E-state index in [1.165, 1.54) is 12.3 Å². The minimum atomic E-state index is -0.614. The summed E-state index contributed by atoms with van der Waals surface area (Å²) < 4.78 is 0. The van der Waals surface area contributed by atoms with E-state index in [1.54, 1.807) is 6.08 Å². The molecule has 1 aromatic heterocycles. The van der Waals surface area contributed by atoms with Crippen LogP contribution >= 0.6 is 0 Å². The molecule has 0 aliphatic heterocycles. The first-order valence-corrected chi connectivity index (χ1v) is 11.7. The summed E-state index contributed by atoms with van der Waals surface area (Å²) in [6, 6.07) is 18.2. The molecule has 2 aromatic carbocycles. The topological polar surface area (TPSA) is 122 Å². The molecular formula is C27H29N6O2. The zero-order valence-corrected chi connectivity index (χ0v) is 19.6. The number of amides is 2. The Labute approximate surface area is 205 Å². The number of hydrogen-bond acceptors (Lipinski definition) is 6. The van der Waals surface area contributed by atoms with Crippen LogP contribution in [-0.2, 0) is 4.79 Å². The fourth-order valence-corrected chi connectivity index (χ4v) is 4.14. The lowest BCUT2D eigenvalue weighted by Crippen LogP contribution is -2.48. The smallest absolute Gasteiger partial charge is 0.254 e. The largest absolute Gasteiger partial charge is 0.365 e. The van der Waals surface area contributed by atoms with Gasteiger partial charge in [0.1, 0.15) is 11.4 Å². The molecule has 0 spiro atoms. The van der Waals surface area contributed by atoms with Gasteiger partial charge in [0.15, 0.2) is 0 Å².